The van der Waals surface area contributed by atoms with E-state index in [-0.39, 0.29) is 0 Å². The van der Waals surface area contributed by atoms with Gasteiger partial charge in [0.25, 0.3) is 0 Å². The Morgan fingerprint density at radius 1 is 1.00 bits per heavy atom. The van der Waals surface area contributed by atoms with E-state index in [1.165, 1.54) is 25.7 Å². The van der Waals surface area contributed by atoms with Crippen LogP contribution >= 0.6 is 0 Å². The zero-order chi connectivity index (χ0) is 13.2. The lowest BCUT2D eigenvalue weighted by molar-refractivity contribution is -0.182. The molecular weight excluding hydrogens is 239 g/mol. The van der Waals surface area contributed by atoms with Crippen molar-refractivity contribution in [3.8, 4) is 0 Å². The van der Waals surface area contributed by atoms with Gasteiger partial charge in [-0.1, -0.05) is 19.8 Å². The quantitative estimate of drug-likeness (QED) is 0.801. The van der Waals surface area contributed by atoms with Gasteiger partial charge in [-0.15, -0.1) is 0 Å². The molecule has 0 aromatic rings. The Labute approximate surface area is 108 Å². The van der Waals surface area contributed by atoms with E-state index in [1.807, 2.05) is 0 Å². The molecule has 106 valence electrons. The third-order valence-electron chi connectivity index (χ3n) is 4.82. The van der Waals surface area contributed by atoms with Crippen molar-refractivity contribution in [2.75, 3.05) is 0 Å². The number of halogens is 3. The first-order valence-corrected chi connectivity index (χ1v) is 7.33. The monoisotopic (exact) mass is 263 g/mol. The third-order valence-corrected chi connectivity index (χ3v) is 4.82. The molecule has 0 aromatic carbocycles. The van der Waals surface area contributed by atoms with E-state index in [4.69, 9.17) is 0 Å². The molecule has 0 aliphatic heterocycles. The molecule has 0 radical (unpaired) electrons. The smallest absolute Gasteiger partial charge is 0.311 e. The fourth-order valence-electron chi connectivity index (χ4n) is 3.64. The van der Waals surface area contributed by atoms with Crippen molar-refractivity contribution in [3.05, 3.63) is 0 Å². The van der Waals surface area contributed by atoms with Gasteiger partial charge in [-0.3, -0.25) is 0 Å². The highest BCUT2D eigenvalue weighted by molar-refractivity contribution is 4.88. The topological polar surface area (TPSA) is 12.0 Å². The van der Waals surface area contributed by atoms with Crippen LogP contribution in [0.3, 0.4) is 0 Å². The van der Waals surface area contributed by atoms with Gasteiger partial charge in [-0.05, 0) is 44.4 Å². The van der Waals surface area contributed by atoms with Crippen LogP contribution in [0.2, 0.25) is 0 Å². The molecule has 2 aliphatic carbocycles. The van der Waals surface area contributed by atoms with Crippen molar-refractivity contribution in [1.29, 1.82) is 0 Å². The lowest BCUT2D eigenvalue weighted by atomic mass is 9.85. The number of alkyl halides is 3. The van der Waals surface area contributed by atoms with Crippen LogP contribution in [0.25, 0.3) is 0 Å². The SMILES string of the molecule is CCC1CCCC1NC1CCC(C(F)(F)F)CC1. The van der Waals surface area contributed by atoms with E-state index in [1.54, 1.807) is 0 Å². The molecule has 1 N–H and O–H groups in total. The molecule has 2 fully saturated rings. The van der Waals surface area contributed by atoms with E-state index < -0.39 is 12.1 Å². The molecule has 2 aliphatic rings. The molecule has 2 saturated carbocycles. The summed E-state index contributed by atoms with van der Waals surface area (Å²) in [4.78, 5) is 0. The van der Waals surface area contributed by atoms with Crippen LogP contribution in [0.15, 0.2) is 0 Å². The maximum atomic E-state index is 12.6. The Morgan fingerprint density at radius 2 is 1.67 bits per heavy atom. The van der Waals surface area contributed by atoms with Crippen LogP contribution in [0, 0.1) is 11.8 Å². The van der Waals surface area contributed by atoms with Gasteiger partial charge < -0.3 is 5.32 Å². The summed E-state index contributed by atoms with van der Waals surface area (Å²) in [7, 11) is 0. The standard InChI is InChI=1S/C14H24F3N/c1-2-10-4-3-5-13(10)18-12-8-6-11(7-9-12)14(15,16)17/h10-13,18H,2-9H2,1H3. The molecule has 0 amide bonds. The predicted molar refractivity (Wildman–Crippen MR) is 66.4 cm³/mol. The summed E-state index contributed by atoms with van der Waals surface area (Å²) in [6, 6.07) is 0.878. The van der Waals surface area contributed by atoms with E-state index in [0.717, 1.165) is 5.92 Å². The van der Waals surface area contributed by atoms with Crippen LogP contribution in [0.1, 0.15) is 58.3 Å². The average molecular weight is 263 g/mol. The first kappa shape index (κ1) is 14.2. The van der Waals surface area contributed by atoms with E-state index >= 15 is 0 Å². The summed E-state index contributed by atoms with van der Waals surface area (Å²) < 4.78 is 37.7. The van der Waals surface area contributed by atoms with Gasteiger partial charge in [0.2, 0.25) is 0 Å². The first-order valence-electron chi connectivity index (χ1n) is 7.33. The van der Waals surface area contributed by atoms with Crippen LogP contribution in [0.5, 0.6) is 0 Å². The Kier molecular flexibility index (Phi) is 4.57. The summed E-state index contributed by atoms with van der Waals surface area (Å²) in [6.07, 6.45) is 2.97. The Balaban J connectivity index is 1.77. The minimum atomic E-state index is -3.98. The van der Waals surface area contributed by atoms with Gasteiger partial charge in [-0.2, -0.15) is 13.2 Å². The van der Waals surface area contributed by atoms with Gasteiger partial charge >= 0.3 is 6.18 Å². The van der Waals surface area contributed by atoms with Gasteiger partial charge in [-0.25, -0.2) is 0 Å². The van der Waals surface area contributed by atoms with Crippen LogP contribution in [0.4, 0.5) is 13.2 Å². The minimum Gasteiger partial charge on any atom is -0.311 e. The van der Waals surface area contributed by atoms with Crippen LogP contribution in [-0.4, -0.2) is 18.3 Å². The van der Waals surface area contributed by atoms with Crippen molar-refractivity contribution in [2.24, 2.45) is 11.8 Å². The van der Waals surface area contributed by atoms with E-state index in [0.29, 0.717) is 37.8 Å². The predicted octanol–water partition coefficient (Wildman–Crippen LogP) is 4.28. The first-order chi connectivity index (χ1) is 8.50. The zero-order valence-electron chi connectivity index (χ0n) is 11.1. The zero-order valence-corrected chi connectivity index (χ0v) is 11.1. The van der Waals surface area contributed by atoms with Crippen molar-refractivity contribution in [3.63, 3.8) is 0 Å². The molecule has 2 unspecified atom stereocenters. The minimum absolute atomic E-state index is 0.310. The highest BCUT2D eigenvalue weighted by Gasteiger charge is 2.41. The molecule has 18 heavy (non-hydrogen) atoms. The number of rotatable bonds is 3. The number of hydrogen-bond acceptors (Lipinski definition) is 1. The largest absolute Gasteiger partial charge is 0.391 e. The summed E-state index contributed by atoms with van der Waals surface area (Å²) in [5.41, 5.74) is 0. The highest BCUT2D eigenvalue weighted by atomic mass is 19.4. The summed E-state index contributed by atoms with van der Waals surface area (Å²) in [5.74, 6) is -0.313. The second-order valence-electron chi connectivity index (χ2n) is 5.96. The van der Waals surface area contributed by atoms with Gasteiger partial charge in [0, 0.05) is 12.1 Å². The Morgan fingerprint density at radius 3 is 2.22 bits per heavy atom. The molecule has 2 rings (SSSR count). The molecule has 0 saturated heterocycles. The second-order valence-corrected chi connectivity index (χ2v) is 5.96. The van der Waals surface area contributed by atoms with Crippen molar-refractivity contribution in [2.45, 2.75) is 76.6 Å². The van der Waals surface area contributed by atoms with E-state index in [2.05, 4.69) is 12.2 Å². The van der Waals surface area contributed by atoms with Gasteiger partial charge in [0.05, 0.1) is 5.92 Å². The number of nitrogens with one attached hydrogen (secondary N) is 1. The maximum Gasteiger partial charge on any atom is 0.391 e. The lowest BCUT2D eigenvalue weighted by Gasteiger charge is -2.33. The molecule has 0 aromatic heterocycles. The molecular formula is C14H24F3N. The summed E-state index contributed by atoms with van der Waals surface area (Å²) >= 11 is 0. The second kappa shape index (κ2) is 5.81. The Hall–Kier alpha value is -0.250. The fourth-order valence-corrected chi connectivity index (χ4v) is 3.64. The normalized spacial score (nSPS) is 38.0. The van der Waals surface area contributed by atoms with Gasteiger partial charge in [0.1, 0.15) is 0 Å². The lowest BCUT2D eigenvalue weighted by Crippen LogP contribution is -2.43. The van der Waals surface area contributed by atoms with Crippen molar-refractivity contribution >= 4 is 0 Å². The summed E-state index contributed by atoms with van der Waals surface area (Å²) in [5, 5.41) is 3.62. The average Bonchev–Trinajstić information content (AvgIpc) is 2.76. The molecule has 2 atom stereocenters. The van der Waals surface area contributed by atoms with E-state index in [9.17, 15) is 13.2 Å². The van der Waals surface area contributed by atoms with Crippen LogP contribution < -0.4 is 5.32 Å². The molecule has 0 spiro atoms. The van der Waals surface area contributed by atoms with Crippen molar-refractivity contribution < 1.29 is 13.2 Å². The molecule has 1 nitrogen and oxygen atoms in total. The molecule has 0 heterocycles. The molecule has 0 bridgehead atoms. The third kappa shape index (κ3) is 3.40. The summed E-state index contributed by atoms with van der Waals surface area (Å²) in [6.45, 7) is 2.21. The maximum absolute atomic E-state index is 12.6. The van der Waals surface area contributed by atoms with Crippen molar-refractivity contribution in [1.82, 2.24) is 5.32 Å². The van der Waals surface area contributed by atoms with Gasteiger partial charge in [0.15, 0.2) is 0 Å². The fraction of sp³-hybridized carbons (Fsp3) is 1.00. The number of hydrogen-bond donors (Lipinski definition) is 1. The Bertz CT molecular complexity index is 256. The van der Waals surface area contributed by atoms with Crippen LogP contribution in [-0.2, 0) is 0 Å². The molecule has 4 heteroatoms. The highest BCUT2D eigenvalue weighted by Crippen LogP contribution is 2.38.